The van der Waals surface area contributed by atoms with Crippen LogP contribution in [0, 0.1) is 0 Å². The number of benzene rings is 2. The van der Waals surface area contributed by atoms with Gasteiger partial charge in [0.15, 0.2) is 0 Å². The van der Waals surface area contributed by atoms with Crippen molar-refractivity contribution in [3.63, 3.8) is 0 Å². The van der Waals surface area contributed by atoms with E-state index in [-0.39, 0.29) is 11.4 Å². The Morgan fingerprint density at radius 1 is 1.02 bits per heavy atom. The number of ether oxygens (including phenoxy) is 1. The molecule has 11 nitrogen and oxygen atoms in total. The molecule has 0 fully saturated rings. The fourth-order valence-corrected chi connectivity index (χ4v) is 4.95. The van der Waals surface area contributed by atoms with E-state index >= 15 is 0 Å². The van der Waals surface area contributed by atoms with E-state index in [0.29, 0.717) is 22.6 Å². The van der Waals surface area contributed by atoms with Crippen molar-refractivity contribution in [2.75, 3.05) is 23.0 Å². The van der Waals surface area contributed by atoms with Gasteiger partial charge in [0.2, 0.25) is 10.0 Å². The van der Waals surface area contributed by atoms with Gasteiger partial charge in [0.25, 0.3) is 5.56 Å². The lowest BCUT2D eigenvalue weighted by atomic mass is 9.84. The lowest BCUT2D eigenvalue weighted by molar-refractivity contribution is 0.195. The summed E-state index contributed by atoms with van der Waals surface area (Å²) in [6, 6.07) is 9.42. The highest BCUT2D eigenvalue weighted by atomic mass is 32.2. The van der Waals surface area contributed by atoms with E-state index in [0.717, 1.165) is 16.7 Å². The molecule has 0 spiro atoms. The summed E-state index contributed by atoms with van der Waals surface area (Å²) in [5.41, 5.74) is 0.473. The Labute approximate surface area is 239 Å². The molecule has 0 aliphatic carbocycles. The number of rotatable bonds is 7. The first-order valence-electron chi connectivity index (χ1n) is 12.7. The Hall–Kier alpha value is -4.32. The molecular formula is C29H36N4O7S. The highest BCUT2D eigenvalue weighted by Gasteiger charge is 2.30. The molecule has 3 aromatic rings. The molecular weight excluding hydrogens is 548 g/mol. The van der Waals surface area contributed by atoms with Crippen LogP contribution in [-0.4, -0.2) is 48.1 Å². The third-order valence-electron chi connectivity index (χ3n) is 6.10. The number of nitrogens with one attached hydrogen (secondary N) is 2. The van der Waals surface area contributed by atoms with Gasteiger partial charge in [0.1, 0.15) is 5.75 Å². The predicted octanol–water partition coefficient (Wildman–Crippen LogP) is 4.66. The molecule has 0 saturated carbocycles. The van der Waals surface area contributed by atoms with Gasteiger partial charge in [-0.05, 0) is 56.0 Å². The zero-order chi connectivity index (χ0) is 30.9. The number of hydrogen-bond donors (Lipinski definition) is 3. The van der Waals surface area contributed by atoms with Crippen molar-refractivity contribution >= 4 is 39.6 Å². The number of aromatic nitrogens is 2. The summed E-state index contributed by atoms with van der Waals surface area (Å²) < 4.78 is 33.3. The number of aromatic amines is 1. The fraction of sp³-hybridized carbons (Fsp3) is 0.345. The van der Waals surface area contributed by atoms with Gasteiger partial charge in [-0.25, -0.2) is 18.0 Å². The monoisotopic (exact) mass is 584 g/mol. The van der Waals surface area contributed by atoms with E-state index < -0.39 is 38.3 Å². The third-order valence-corrected chi connectivity index (χ3v) is 6.70. The zero-order valence-electron chi connectivity index (χ0n) is 24.4. The summed E-state index contributed by atoms with van der Waals surface area (Å²) >= 11 is 0. The minimum absolute atomic E-state index is 0.210. The van der Waals surface area contributed by atoms with E-state index in [9.17, 15) is 27.9 Å². The SMILES string of the molecule is COc1c(/C=C/c2ccc(NS(C)(=O)=O)cc2N(C(=O)O)C(C)(C)C)cc(-n2ccc(=O)[nH]c2=O)cc1C(C)(C)C. The van der Waals surface area contributed by atoms with Crippen molar-refractivity contribution in [2.45, 2.75) is 52.5 Å². The molecule has 3 N–H and O–H groups in total. The molecule has 0 radical (unpaired) electrons. The normalized spacial score (nSPS) is 12.4. The molecule has 0 bridgehead atoms. The smallest absolute Gasteiger partial charge is 0.412 e. The number of anilines is 2. The molecule has 1 amide bonds. The number of carbonyl (C=O) groups is 1. The van der Waals surface area contributed by atoms with Crippen LogP contribution in [0.2, 0.25) is 0 Å². The molecule has 0 aliphatic heterocycles. The minimum atomic E-state index is -3.61. The molecule has 0 unspecified atom stereocenters. The minimum Gasteiger partial charge on any atom is -0.496 e. The van der Waals surface area contributed by atoms with E-state index in [1.165, 1.54) is 30.0 Å². The Morgan fingerprint density at radius 2 is 1.66 bits per heavy atom. The number of nitrogens with zero attached hydrogens (tertiary/aromatic N) is 2. The maximum atomic E-state index is 12.6. The largest absolute Gasteiger partial charge is 0.496 e. The van der Waals surface area contributed by atoms with Gasteiger partial charge in [-0.3, -0.25) is 24.0 Å². The van der Waals surface area contributed by atoms with Crippen LogP contribution in [0.4, 0.5) is 16.2 Å². The van der Waals surface area contributed by atoms with Crippen LogP contribution in [0.15, 0.2) is 52.2 Å². The van der Waals surface area contributed by atoms with E-state index in [4.69, 9.17) is 4.74 Å². The number of sulfonamides is 1. The van der Waals surface area contributed by atoms with Crippen LogP contribution >= 0.6 is 0 Å². The second kappa shape index (κ2) is 11.3. The van der Waals surface area contributed by atoms with Gasteiger partial charge in [0, 0.05) is 28.9 Å². The van der Waals surface area contributed by atoms with E-state index in [2.05, 4.69) is 9.71 Å². The number of carboxylic acid groups (broad SMARTS) is 1. The maximum absolute atomic E-state index is 12.6. The van der Waals surface area contributed by atoms with Gasteiger partial charge < -0.3 is 9.84 Å². The highest BCUT2D eigenvalue weighted by Crippen LogP contribution is 2.38. The van der Waals surface area contributed by atoms with E-state index in [1.807, 2.05) is 26.8 Å². The first-order chi connectivity index (χ1) is 18.8. The van der Waals surface area contributed by atoms with Gasteiger partial charge in [-0.1, -0.05) is 39.0 Å². The Balaban J connectivity index is 2.30. The van der Waals surface area contributed by atoms with Crippen LogP contribution in [0.1, 0.15) is 58.2 Å². The van der Waals surface area contributed by atoms with Crippen molar-refractivity contribution in [3.05, 3.63) is 80.1 Å². The number of methoxy groups -OCH3 is 1. The zero-order valence-corrected chi connectivity index (χ0v) is 25.2. The first-order valence-corrected chi connectivity index (χ1v) is 14.6. The molecule has 0 saturated heterocycles. The van der Waals surface area contributed by atoms with Crippen LogP contribution in [0.5, 0.6) is 5.75 Å². The molecule has 12 heteroatoms. The van der Waals surface area contributed by atoms with Crippen molar-refractivity contribution in [1.29, 1.82) is 0 Å². The number of H-pyrrole nitrogens is 1. The Morgan fingerprint density at radius 3 is 2.17 bits per heavy atom. The highest BCUT2D eigenvalue weighted by molar-refractivity contribution is 7.92. The van der Waals surface area contributed by atoms with Crippen molar-refractivity contribution in [1.82, 2.24) is 9.55 Å². The van der Waals surface area contributed by atoms with Crippen LogP contribution in [0.25, 0.3) is 17.8 Å². The van der Waals surface area contributed by atoms with Crippen LogP contribution in [-0.2, 0) is 15.4 Å². The summed E-state index contributed by atoms with van der Waals surface area (Å²) in [6.45, 7) is 11.2. The Bertz CT molecular complexity index is 1720. The predicted molar refractivity (Wildman–Crippen MR) is 162 cm³/mol. The summed E-state index contributed by atoms with van der Waals surface area (Å²) in [4.78, 5) is 40.0. The molecule has 1 heterocycles. The molecule has 1 aromatic heterocycles. The van der Waals surface area contributed by atoms with E-state index in [1.54, 1.807) is 51.1 Å². The van der Waals surface area contributed by atoms with Crippen molar-refractivity contribution < 1.29 is 23.1 Å². The standard InChI is InChI=1S/C29H36N4O7S/c1-28(2,3)22-17-21(32-14-13-24(34)30-26(32)35)15-19(25(22)40-7)10-9-18-11-12-20(31-41(8,38)39)16-23(18)33(27(36)37)29(4,5)6/h9-17,31H,1-8H3,(H,36,37)(H,30,34,35)/b10-9+. The number of amides is 1. The molecule has 3 rings (SSSR count). The average molecular weight is 585 g/mol. The lowest BCUT2D eigenvalue weighted by Crippen LogP contribution is -2.45. The third kappa shape index (κ3) is 7.46. The topological polar surface area (TPSA) is 151 Å². The average Bonchev–Trinajstić information content (AvgIpc) is 2.80. The van der Waals surface area contributed by atoms with Gasteiger partial charge in [-0.2, -0.15) is 0 Å². The molecule has 2 aromatic carbocycles. The second-order valence-electron chi connectivity index (χ2n) is 11.6. The Kier molecular flexibility index (Phi) is 8.59. The van der Waals surface area contributed by atoms with Crippen molar-refractivity contribution in [2.24, 2.45) is 0 Å². The van der Waals surface area contributed by atoms with Crippen molar-refractivity contribution in [3.8, 4) is 11.4 Å². The fourth-order valence-electron chi connectivity index (χ4n) is 4.39. The summed E-state index contributed by atoms with van der Waals surface area (Å²) in [7, 11) is -2.07. The first kappa shape index (κ1) is 31.2. The molecule has 0 atom stereocenters. The van der Waals surface area contributed by atoms with Gasteiger partial charge >= 0.3 is 11.8 Å². The maximum Gasteiger partial charge on any atom is 0.412 e. The second-order valence-corrected chi connectivity index (χ2v) is 13.4. The van der Waals surface area contributed by atoms with Crippen LogP contribution < -0.4 is 25.6 Å². The van der Waals surface area contributed by atoms with Gasteiger partial charge in [-0.15, -0.1) is 0 Å². The quantitative estimate of drug-likeness (QED) is 0.342. The lowest BCUT2D eigenvalue weighted by Gasteiger charge is -2.34. The summed E-state index contributed by atoms with van der Waals surface area (Å²) in [6.07, 6.45) is 4.63. The summed E-state index contributed by atoms with van der Waals surface area (Å²) in [5.74, 6) is 0.554. The number of hydrogen-bond acceptors (Lipinski definition) is 6. The van der Waals surface area contributed by atoms with Gasteiger partial charge in [0.05, 0.1) is 30.4 Å². The van der Waals surface area contributed by atoms with Crippen LogP contribution in [0.3, 0.4) is 0 Å². The molecule has 220 valence electrons. The summed E-state index contributed by atoms with van der Waals surface area (Å²) in [5, 5.41) is 10.1. The molecule has 0 aliphatic rings. The molecule has 41 heavy (non-hydrogen) atoms.